The zero-order chi connectivity index (χ0) is 15.0. The number of aromatic nitrogens is 4. The van der Waals surface area contributed by atoms with Gasteiger partial charge in [0.2, 0.25) is 5.95 Å². The first-order valence-corrected chi connectivity index (χ1v) is 6.05. The van der Waals surface area contributed by atoms with E-state index in [4.69, 9.17) is 11.6 Å². The Morgan fingerprint density at radius 3 is 2.90 bits per heavy atom. The third-order valence-electron chi connectivity index (χ3n) is 2.64. The standard InChI is InChI=1S/C12H6ClF2N5O/c13-9-8-10(17-4-16-8)19-12(18-9)20-11(21)6-3-5(14)1-2-7(6)15/h1-4H,(H2,16,17,18,19,20,21). The van der Waals surface area contributed by atoms with Gasteiger partial charge in [-0.3, -0.25) is 10.1 Å². The van der Waals surface area contributed by atoms with Crippen molar-refractivity contribution in [1.29, 1.82) is 0 Å². The van der Waals surface area contributed by atoms with Gasteiger partial charge >= 0.3 is 0 Å². The molecule has 0 saturated carbocycles. The van der Waals surface area contributed by atoms with Crippen LogP contribution in [0.4, 0.5) is 14.7 Å². The van der Waals surface area contributed by atoms with Gasteiger partial charge in [0.15, 0.2) is 10.8 Å². The lowest BCUT2D eigenvalue weighted by Gasteiger charge is -2.05. The van der Waals surface area contributed by atoms with Crippen LogP contribution in [-0.4, -0.2) is 25.8 Å². The Morgan fingerprint density at radius 1 is 1.29 bits per heavy atom. The zero-order valence-corrected chi connectivity index (χ0v) is 10.9. The summed E-state index contributed by atoms with van der Waals surface area (Å²) in [5.74, 6) is -2.64. The summed E-state index contributed by atoms with van der Waals surface area (Å²) in [5.41, 5.74) is 0.188. The van der Waals surface area contributed by atoms with Crippen molar-refractivity contribution in [3.63, 3.8) is 0 Å². The number of imidazole rings is 1. The molecule has 9 heteroatoms. The smallest absolute Gasteiger partial charge is 0.261 e. The Bertz CT molecular complexity index is 851. The first kappa shape index (κ1) is 13.4. The molecule has 3 rings (SSSR count). The number of benzene rings is 1. The summed E-state index contributed by atoms with van der Waals surface area (Å²) < 4.78 is 26.6. The molecule has 0 bridgehead atoms. The molecule has 0 unspecified atom stereocenters. The minimum Gasteiger partial charge on any atom is -0.341 e. The minimum atomic E-state index is -0.891. The van der Waals surface area contributed by atoms with Crippen molar-refractivity contribution in [2.45, 2.75) is 0 Å². The van der Waals surface area contributed by atoms with Crippen LogP contribution in [0.15, 0.2) is 24.5 Å². The lowest BCUT2D eigenvalue weighted by Crippen LogP contribution is -2.16. The molecule has 0 atom stereocenters. The number of nitrogens with one attached hydrogen (secondary N) is 2. The number of fused-ring (bicyclic) bond motifs is 1. The molecule has 0 radical (unpaired) electrons. The van der Waals surface area contributed by atoms with E-state index in [1.807, 2.05) is 0 Å². The number of hydrogen-bond acceptors (Lipinski definition) is 4. The minimum absolute atomic E-state index is 0.0486. The first-order chi connectivity index (χ1) is 10.0. The average Bonchev–Trinajstić information content (AvgIpc) is 2.90. The Kier molecular flexibility index (Phi) is 3.22. The fourth-order valence-corrected chi connectivity index (χ4v) is 1.91. The van der Waals surface area contributed by atoms with Gasteiger partial charge in [0.25, 0.3) is 5.91 Å². The number of halogens is 3. The molecule has 0 saturated heterocycles. The van der Waals surface area contributed by atoms with Crippen molar-refractivity contribution in [2.75, 3.05) is 5.32 Å². The van der Waals surface area contributed by atoms with E-state index < -0.39 is 23.1 Å². The van der Waals surface area contributed by atoms with Gasteiger partial charge in [0.05, 0.1) is 11.9 Å². The van der Waals surface area contributed by atoms with Gasteiger partial charge in [-0.1, -0.05) is 11.6 Å². The van der Waals surface area contributed by atoms with Gasteiger partial charge in [-0.25, -0.2) is 13.8 Å². The molecule has 0 spiro atoms. The van der Waals surface area contributed by atoms with Crippen LogP contribution in [-0.2, 0) is 0 Å². The summed E-state index contributed by atoms with van der Waals surface area (Å²) in [6, 6.07) is 2.55. The highest BCUT2D eigenvalue weighted by Gasteiger charge is 2.16. The molecule has 3 aromatic rings. The van der Waals surface area contributed by atoms with Crippen molar-refractivity contribution in [1.82, 2.24) is 19.9 Å². The van der Waals surface area contributed by atoms with E-state index in [2.05, 4.69) is 25.3 Å². The van der Waals surface area contributed by atoms with Crippen LogP contribution >= 0.6 is 11.6 Å². The van der Waals surface area contributed by atoms with Crippen molar-refractivity contribution >= 4 is 34.6 Å². The van der Waals surface area contributed by atoms with Crippen molar-refractivity contribution in [2.24, 2.45) is 0 Å². The molecule has 0 fully saturated rings. The molecule has 6 nitrogen and oxygen atoms in total. The van der Waals surface area contributed by atoms with E-state index >= 15 is 0 Å². The monoisotopic (exact) mass is 309 g/mol. The second-order valence-electron chi connectivity index (χ2n) is 4.02. The average molecular weight is 310 g/mol. The summed E-state index contributed by atoms with van der Waals surface area (Å²) in [4.78, 5) is 26.3. The quantitative estimate of drug-likeness (QED) is 0.713. The van der Waals surface area contributed by atoms with E-state index in [1.54, 1.807) is 0 Å². The molecule has 106 valence electrons. The Morgan fingerprint density at radius 2 is 2.10 bits per heavy atom. The third-order valence-corrected chi connectivity index (χ3v) is 2.91. The van der Waals surface area contributed by atoms with E-state index in [0.29, 0.717) is 5.52 Å². The number of carbonyl (C=O) groups excluding carboxylic acids is 1. The number of hydrogen-bond donors (Lipinski definition) is 2. The summed E-state index contributed by atoms with van der Waals surface area (Å²) in [5, 5.41) is 2.29. The maximum atomic E-state index is 13.5. The van der Waals surface area contributed by atoms with Crippen LogP contribution in [0.3, 0.4) is 0 Å². The molecule has 1 amide bonds. The SMILES string of the molecule is O=C(Nc1nc(Cl)c2[nH]cnc2n1)c1cc(F)ccc1F. The normalized spacial score (nSPS) is 10.8. The Hall–Kier alpha value is -2.61. The summed E-state index contributed by atoms with van der Waals surface area (Å²) in [7, 11) is 0. The number of rotatable bonds is 2. The fraction of sp³-hybridized carbons (Fsp3) is 0. The highest BCUT2D eigenvalue weighted by Crippen LogP contribution is 2.19. The van der Waals surface area contributed by atoms with Gasteiger partial charge in [0, 0.05) is 0 Å². The number of anilines is 1. The van der Waals surface area contributed by atoms with Crippen LogP contribution in [0.5, 0.6) is 0 Å². The summed E-state index contributed by atoms with van der Waals surface area (Å²) >= 11 is 5.88. The number of aromatic amines is 1. The Labute approximate surface area is 121 Å². The van der Waals surface area contributed by atoms with Gasteiger partial charge in [-0.15, -0.1) is 0 Å². The van der Waals surface area contributed by atoms with E-state index in [0.717, 1.165) is 18.2 Å². The van der Waals surface area contributed by atoms with Crippen LogP contribution in [0.2, 0.25) is 5.15 Å². The lowest BCUT2D eigenvalue weighted by molar-refractivity contribution is 0.102. The molecule has 2 aromatic heterocycles. The number of carbonyl (C=O) groups is 1. The van der Waals surface area contributed by atoms with Crippen LogP contribution in [0.25, 0.3) is 11.2 Å². The number of H-pyrrole nitrogens is 1. The third kappa shape index (κ3) is 2.52. The van der Waals surface area contributed by atoms with Gasteiger partial charge < -0.3 is 4.98 Å². The molecule has 0 aliphatic rings. The van der Waals surface area contributed by atoms with Crippen LogP contribution in [0, 0.1) is 11.6 Å². The van der Waals surface area contributed by atoms with Crippen molar-refractivity contribution in [3.05, 3.63) is 46.9 Å². The molecular formula is C12H6ClF2N5O. The van der Waals surface area contributed by atoms with Crippen LogP contribution in [0.1, 0.15) is 10.4 Å². The lowest BCUT2D eigenvalue weighted by atomic mass is 10.2. The second-order valence-corrected chi connectivity index (χ2v) is 4.38. The molecule has 2 heterocycles. The molecule has 21 heavy (non-hydrogen) atoms. The Balaban J connectivity index is 1.94. The first-order valence-electron chi connectivity index (χ1n) is 5.67. The van der Waals surface area contributed by atoms with E-state index in [9.17, 15) is 13.6 Å². The molecular weight excluding hydrogens is 304 g/mol. The summed E-state index contributed by atoms with van der Waals surface area (Å²) in [6.45, 7) is 0. The molecule has 0 aliphatic heterocycles. The van der Waals surface area contributed by atoms with Crippen molar-refractivity contribution in [3.8, 4) is 0 Å². The van der Waals surface area contributed by atoms with E-state index in [1.165, 1.54) is 6.33 Å². The predicted molar refractivity (Wildman–Crippen MR) is 71.0 cm³/mol. The molecule has 0 aliphatic carbocycles. The predicted octanol–water partition coefficient (Wildman–Crippen LogP) is 2.54. The number of amides is 1. The maximum Gasteiger partial charge on any atom is 0.261 e. The van der Waals surface area contributed by atoms with Crippen LogP contribution < -0.4 is 5.32 Å². The highest BCUT2D eigenvalue weighted by molar-refractivity contribution is 6.33. The van der Waals surface area contributed by atoms with Gasteiger partial charge in [-0.2, -0.15) is 9.97 Å². The zero-order valence-electron chi connectivity index (χ0n) is 10.2. The second kappa shape index (κ2) is 5.06. The molecule has 2 N–H and O–H groups in total. The van der Waals surface area contributed by atoms with Gasteiger partial charge in [0.1, 0.15) is 17.2 Å². The van der Waals surface area contributed by atoms with Crippen molar-refractivity contribution < 1.29 is 13.6 Å². The molecule has 1 aromatic carbocycles. The van der Waals surface area contributed by atoms with E-state index in [-0.39, 0.29) is 16.7 Å². The highest BCUT2D eigenvalue weighted by atomic mass is 35.5. The number of nitrogens with zero attached hydrogens (tertiary/aromatic N) is 3. The topological polar surface area (TPSA) is 83.6 Å². The largest absolute Gasteiger partial charge is 0.341 e. The van der Waals surface area contributed by atoms with Gasteiger partial charge in [-0.05, 0) is 18.2 Å². The maximum absolute atomic E-state index is 13.5. The summed E-state index contributed by atoms with van der Waals surface area (Å²) in [6.07, 6.45) is 1.36. The fourth-order valence-electron chi connectivity index (χ4n) is 1.69.